The van der Waals surface area contributed by atoms with Crippen LogP contribution in [0.15, 0.2) is 30.3 Å². The van der Waals surface area contributed by atoms with Gasteiger partial charge in [0.2, 0.25) is 0 Å². The van der Waals surface area contributed by atoms with Crippen molar-refractivity contribution in [3.8, 4) is 0 Å². The largest absolute Gasteiger partial charge is 0.327 e. The molecule has 2 unspecified atom stereocenters. The van der Waals surface area contributed by atoms with Gasteiger partial charge in [0.15, 0.2) is 0 Å². The zero-order valence-electron chi connectivity index (χ0n) is 8.36. The van der Waals surface area contributed by atoms with E-state index in [2.05, 4.69) is 30.3 Å². The van der Waals surface area contributed by atoms with Crippen molar-refractivity contribution in [1.29, 1.82) is 0 Å². The zero-order valence-corrected chi connectivity index (χ0v) is 9.17. The smallest absolute Gasteiger partial charge is 0.0166 e. The number of rotatable bonds is 3. The standard InChI is InChI=1S/C12H17NS/c13-12-9-14-8-11(12)7-6-10-4-2-1-3-5-10/h1-5,11-12H,6-9,13H2. The Morgan fingerprint density at radius 2 is 2.00 bits per heavy atom. The third-order valence-electron chi connectivity index (χ3n) is 2.89. The molecule has 1 saturated heterocycles. The summed E-state index contributed by atoms with van der Waals surface area (Å²) >= 11 is 2.00. The predicted octanol–water partition coefficient (Wildman–Crippen LogP) is 2.31. The van der Waals surface area contributed by atoms with Crippen LogP contribution in [0.2, 0.25) is 0 Å². The van der Waals surface area contributed by atoms with Crippen molar-refractivity contribution >= 4 is 11.8 Å². The Balaban J connectivity index is 1.82. The lowest BCUT2D eigenvalue weighted by atomic mass is 9.96. The van der Waals surface area contributed by atoms with E-state index in [-0.39, 0.29) is 0 Å². The van der Waals surface area contributed by atoms with E-state index in [0.717, 1.165) is 11.7 Å². The van der Waals surface area contributed by atoms with Crippen LogP contribution in [-0.4, -0.2) is 17.5 Å². The predicted molar refractivity (Wildman–Crippen MR) is 63.6 cm³/mol. The van der Waals surface area contributed by atoms with Crippen LogP contribution in [0.25, 0.3) is 0 Å². The molecule has 2 heteroatoms. The quantitative estimate of drug-likeness (QED) is 0.823. The molecule has 0 radical (unpaired) electrons. The molecule has 0 bridgehead atoms. The second-order valence-electron chi connectivity index (χ2n) is 3.99. The Kier molecular flexibility index (Phi) is 3.49. The van der Waals surface area contributed by atoms with E-state index in [9.17, 15) is 0 Å². The van der Waals surface area contributed by atoms with Gasteiger partial charge < -0.3 is 5.73 Å². The zero-order chi connectivity index (χ0) is 9.80. The number of aryl methyl sites for hydroxylation is 1. The highest BCUT2D eigenvalue weighted by atomic mass is 32.2. The van der Waals surface area contributed by atoms with E-state index in [4.69, 9.17) is 5.73 Å². The molecule has 14 heavy (non-hydrogen) atoms. The van der Waals surface area contributed by atoms with Gasteiger partial charge in [-0.05, 0) is 30.1 Å². The van der Waals surface area contributed by atoms with Crippen LogP contribution in [0.4, 0.5) is 0 Å². The molecule has 1 fully saturated rings. The molecule has 1 aliphatic rings. The van der Waals surface area contributed by atoms with Crippen LogP contribution in [0.3, 0.4) is 0 Å². The average molecular weight is 207 g/mol. The van der Waals surface area contributed by atoms with Crippen molar-refractivity contribution < 1.29 is 0 Å². The van der Waals surface area contributed by atoms with Crippen LogP contribution >= 0.6 is 11.8 Å². The number of benzene rings is 1. The summed E-state index contributed by atoms with van der Waals surface area (Å²) in [6.45, 7) is 0. The van der Waals surface area contributed by atoms with Crippen LogP contribution in [-0.2, 0) is 6.42 Å². The molecule has 76 valence electrons. The number of hydrogen-bond acceptors (Lipinski definition) is 2. The second-order valence-corrected chi connectivity index (χ2v) is 5.06. The summed E-state index contributed by atoms with van der Waals surface area (Å²) in [6, 6.07) is 11.1. The highest BCUT2D eigenvalue weighted by Crippen LogP contribution is 2.26. The molecule has 1 aromatic carbocycles. The molecule has 1 aliphatic heterocycles. The molecule has 2 N–H and O–H groups in total. The molecule has 1 heterocycles. The summed E-state index contributed by atoms with van der Waals surface area (Å²) < 4.78 is 0. The van der Waals surface area contributed by atoms with Crippen molar-refractivity contribution in [2.75, 3.05) is 11.5 Å². The lowest BCUT2D eigenvalue weighted by Crippen LogP contribution is -2.28. The molecule has 2 atom stereocenters. The summed E-state index contributed by atoms with van der Waals surface area (Å²) in [5.41, 5.74) is 7.46. The molecule has 0 aromatic heterocycles. The van der Waals surface area contributed by atoms with Gasteiger partial charge in [-0.3, -0.25) is 0 Å². The molecule has 2 rings (SSSR count). The summed E-state index contributed by atoms with van der Waals surface area (Å²) in [4.78, 5) is 0. The van der Waals surface area contributed by atoms with E-state index in [1.807, 2.05) is 11.8 Å². The van der Waals surface area contributed by atoms with Gasteiger partial charge in [-0.25, -0.2) is 0 Å². The summed E-state index contributed by atoms with van der Waals surface area (Å²) in [6.07, 6.45) is 2.43. The molecule has 0 saturated carbocycles. The SMILES string of the molecule is NC1CSCC1CCc1ccccc1. The first-order valence-electron chi connectivity index (χ1n) is 5.23. The van der Waals surface area contributed by atoms with Gasteiger partial charge in [0.25, 0.3) is 0 Å². The number of nitrogens with two attached hydrogens (primary N) is 1. The average Bonchev–Trinajstić information content (AvgIpc) is 2.63. The summed E-state index contributed by atoms with van der Waals surface area (Å²) in [7, 11) is 0. The third-order valence-corrected chi connectivity index (χ3v) is 4.18. The molecule has 1 aromatic rings. The Labute approximate surface area is 90.1 Å². The fourth-order valence-electron chi connectivity index (χ4n) is 1.91. The van der Waals surface area contributed by atoms with Gasteiger partial charge in [0.05, 0.1) is 0 Å². The minimum Gasteiger partial charge on any atom is -0.327 e. The monoisotopic (exact) mass is 207 g/mol. The third kappa shape index (κ3) is 2.52. The lowest BCUT2D eigenvalue weighted by Gasteiger charge is -2.13. The van der Waals surface area contributed by atoms with E-state index in [0.29, 0.717) is 6.04 Å². The molecule has 0 aliphatic carbocycles. The minimum atomic E-state index is 0.434. The molecule has 1 nitrogen and oxygen atoms in total. The fourth-order valence-corrected chi connectivity index (χ4v) is 3.31. The lowest BCUT2D eigenvalue weighted by molar-refractivity contribution is 0.481. The number of hydrogen-bond donors (Lipinski definition) is 1. The molecule has 0 amide bonds. The van der Waals surface area contributed by atoms with Gasteiger partial charge >= 0.3 is 0 Å². The Bertz CT molecular complexity index is 273. The Morgan fingerprint density at radius 3 is 2.64 bits per heavy atom. The van der Waals surface area contributed by atoms with Crippen LogP contribution < -0.4 is 5.73 Å². The summed E-state index contributed by atoms with van der Waals surface area (Å²) in [5, 5.41) is 0. The van der Waals surface area contributed by atoms with Crippen LogP contribution in [0.5, 0.6) is 0 Å². The summed E-state index contributed by atoms with van der Waals surface area (Å²) in [5.74, 6) is 3.15. The van der Waals surface area contributed by atoms with E-state index in [1.54, 1.807) is 0 Å². The van der Waals surface area contributed by atoms with Crippen molar-refractivity contribution in [2.24, 2.45) is 11.7 Å². The highest BCUT2D eigenvalue weighted by Gasteiger charge is 2.23. The first-order chi connectivity index (χ1) is 6.86. The van der Waals surface area contributed by atoms with Crippen LogP contribution in [0, 0.1) is 5.92 Å². The Morgan fingerprint density at radius 1 is 1.21 bits per heavy atom. The normalized spacial score (nSPS) is 26.6. The molecule has 0 spiro atoms. The molecular weight excluding hydrogens is 190 g/mol. The van der Waals surface area contributed by atoms with Crippen molar-refractivity contribution in [3.05, 3.63) is 35.9 Å². The first kappa shape index (κ1) is 10.1. The van der Waals surface area contributed by atoms with Gasteiger partial charge in [0, 0.05) is 11.8 Å². The maximum Gasteiger partial charge on any atom is 0.0166 e. The van der Waals surface area contributed by atoms with Crippen LogP contribution in [0.1, 0.15) is 12.0 Å². The highest BCUT2D eigenvalue weighted by molar-refractivity contribution is 7.99. The van der Waals surface area contributed by atoms with Gasteiger partial charge in [-0.15, -0.1) is 0 Å². The number of thioether (sulfide) groups is 1. The first-order valence-corrected chi connectivity index (χ1v) is 6.39. The van der Waals surface area contributed by atoms with E-state index >= 15 is 0 Å². The Hall–Kier alpha value is -0.470. The van der Waals surface area contributed by atoms with Gasteiger partial charge in [-0.2, -0.15) is 11.8 Å². The van der Waals surface area contributed by atoms with Gasteiger partial charge in [-0.1, -0.05) is 30.3 Å². The van der Waals surface area contributed by atoms with E-state index in [1.165, 1.54) is 24.2 Å². The van der Waals surface area contributed by atoms with Crippen molar-refractivity contribution in [2.45, 2.75) is 18.9 Å². The minimum absolute atomic E-state index is 0.434. The maximum absolute atomic E-state index is 6.02. The van der Waals surface area contributed by atoms with Gasteiger partial charge in [0.1, 0.15) is 0 Å². The topological polar surface area (TPSA) is 26.0 Å². The van der Waals surface area contributed by atoms with E-state index < -0.39 is 0 Å². The maximum atomic E-state index is 6.02. The fraction of sp³-hybridized carbons (Fsp3) is 0.500. The second kappa shape index (κ2) is 4.85. The molecular formula is C12H17NS. The van der Waals surface area contributed by atoms with Crippen molar-refractivity contribution in [3.63, 3.8) is 0 Å². The van der Waals surface area contributed by atoms with Crippen molar-refractivity contribution in [1.82, 2.24) is 0 Å².